The van der Waals surface area contributed by atoms with Gasteiger partial charge in [0, 0.05) is 52.1 Å². The van der Waals surface area contributed by atoms with Gasteiger partial charge in [-0.1, -0.05) is 24.3 Å². The lowest BCUT2D eigenvalue weighted by Gasteiger charge is -2.16. The Bertz CT molecular complexity index is 795. The van der Waals surface area contributed by atoms with Gasteiger partial charge in [0.1, 0.15) is 12.4 Å². The van der Waals surface area contributed by atoms with E-state index < -0.39 is 0 Å². The molecule has 0 aromatic heterocycles. The van der Waals surface area contributed by atoms with E-state index in [1.54, 1.807) is 7.05 Å². The van der Waals surface area contributed by atoms with Gasteiger partial charge in [0.25, 0.3) is 0 Å². The van der Waals surface area contributed by atoms with Crippen molar-refractivity contribution in [1.82, 2.24) is 10.6 Å². The zero-order valence-electron chi connectivity index (χ0n) is 19.4. The molecule has 6 nitrogen and oxygen atoms in total. The molecule has 0 spiro atoms. The normalized spacial score (nSPS) is 10.9. The fourth-order valence-corrected chi connectivity index (χ4v) is 2.98. The predicted octanol–water partition coefficient (Wildman–Crippen LogP) is 4.00. The Morgan fingerprint density at radius 1 is 1.03 bits per heavy atom. The summed E-state index contributed by atoms with van der Waals surface area (Å²) in [6.07, 6.45) is 0.935. The molecule has 0 saturated carbocycles. The first-order chi connectivity index (χ1) is 14.5. The van der Waals surface area contributed by atoms with E-state index in [0.717, 1.165) is 30.2 Å². The Hall–Kier alpha value is -2.00. The molecule has 0 aliphatic carbocycles. The van der Waals surface area contributed by atoms with Crippen LogP contribution in [0.3, 0.4) is 0 Å². The summed E-state index contributed by atoms with van der Waals surface area (Å²) in [6.45, 7) is 7.35. The van der Waals surface area contributed by atoms with Gasteiger partial charge in [-0.2, -0.15) is 0 Å². The maximum atomic E-state index is 5.92. The third kappa shape index (κ3) is 9.78. The molecule has 2 aromatic rings. The molecule has 31 heavy (non-hydrogen) atoms. The van der Waals surface area contributed by atoms with Crippen LogP contribution in [0, 0.1) is 6.92 Å². The fraction of sp³-hybridized carbons (Fsp3) is 0.458. The van der Waals surface area contributed by atoms with Crippen molar-refractivity contribution in [1.29, 1.82) is 0 Å². The van der Waals surface area contributed by atoms with Crippen LogP contribution in [0.5, 0.6) is 5.75 Å². The Kier molecular flexibility index (Phi) is 13.0. The number of hydrogen-bond donors (Lipinski definition) is 2. The molecule has 0 aliphatic rings. The Morgan fingerprint density at radius 2 is 1.77 bits per heavy atom. The SMILES string of the molecule is CCOCCOc1cc(C)ccc1CNC(=NC)NCCc1ccc(N(C)C)cc1.I. The molecule has 2 aromatic carbocycles. The minimum absolute atomic E-state index is 0. The highest BCUT2D eigenvalue weighted by Gasteiger charge is 2.06. The van der Waals surface area contributed by atoms with E-state index in [4.69, 9.17) is 9.47 Å². The second kappa shape index (κ2) is 14.9. The number of nitrogens with one attached hydrogen (secondary N) is 2. The minimum Gasteiger partial charge on any atom is -0.491 e. The van der Waals surface area contributed by atoms with Crippen LogP contribution in [0.2, 0.25) is 0 Å². The number of anilines is 1. The molecule has 0 unspecified atom stereocenters. The molecule has 0 aliphatic heterocycles. The molecule has 0 fully saturated rings. The zero-order chi connectivity index (χ0) is 21.8. The maximum absolute atomic E-state index is 5.92. The van der Waals surface area contributed by atoms with Crippen molar-refractivity contribution < 1.29 is 9.47 Å². The Balaban J connectivity index is 0.00000480. The quantitative estimate of drug-likeness (QED) is 0.195. The number of guanidine groups is 1. The highest BCUT2D eigenvalue weighted by molar-refractivity contribution is 14.0. The van der Waals surface area contributed by atoms with Gasteiger partial charge in [-0.05, 0) is 49.6 Å². The summed E-state index contributed by atoms with van der Waals surface area (Å²) in [5.74, 6) is 1.67. The van der Waals surface area contributed by atoms with Crippen LogP contribution in [0.15, 0.2) is 47.5 Å². The maximum Gasteiger partial charge on any atom is 0.191 e. The lowest BCUT2D eigenvalue weighted by molar-refractivity contribution is 0.110. The van der Waals surface area contributed by atoms with Crippen molar-refractivity contribution in [2.45, 2.75) is 26.8 Å². The van der Waals surface area contributed by atoms with E-state index in [9.17, 15) is 0 Å². The molecule has 0 bridgehead atoms. The summed E-state index contributed by atoms with van der Waals surface area (Å²) in [7, 11) is 5.89. The standard InChI is InChI=1S/C24H36N4O2.HI/c1-6-29-15-16-30-23-17-19(2)7-10-21(23)18-27-24(25-3)26-14-13-20-8-11-22(12-9-20)28(4)5;/h7-12,17H,6,13-16,18H2,1-5H3,(H2,25,26,27);1H. The zero-order valence-corrected chi connectivity index (χ0v) is 21.7. The van der Waals surface area contributed by atoms with Gasteiger partial charge in [0.2, 0.25) is 0 Å². The summed E-state index contributed by atoms with van der Waals surface area (Å²) in [6, 6.07) is 14.9. The number of nitrogens with zero attached hydrogens (tertiary/aromatic N) is 2. The molecule has 0 amide bonds. The average Bonchev–Trinajstić information content (AvgIpc) is 2.75. The molecule has 2 rings (SSSR count). The first-order valence-electron chi connectivity index (χ1n) is 10.5. The highest BCUT2D eigenvalue weighted by atomic mass is 127. The molecule has 7 heteroatoms. The predicted molar refractivity (Wildman–Crippen MR) is 141 cm³/mol. The van der Waals surface area contributed by atoms with Crippen LogP contribution >= 0.6 is 24.0 Å². The van der Waals surface area contributed by atoms with Crippen LogP contribution in [0.25, 0.3) is 0 Å². The number of aryl methyl sites for hydroxylation is 1. The van der Waals surface area contributed by atoms with Crippen molar-refractivity contribution in [3.63, 3.8) is 0 Å². The molecular weight excluding hydrogens is 503 g/mol. The average molecular weight is 540 g/mol. The van der Waals surface area contributed by atoms with Crippen molar-refractivity contribution >= 4 is 35.6 Å². The number of halogens is 1. The minimum atomic E-state index is 0. The van der Waals surface area contributed by atoms with Crippen LogP contribution in [0.1, 0.15) is 23.6 Å². The molecule has 0 atom stereocenters. The summed E-state index contributed by atoms with van der Waals surface area (Å²) >= 11 is 0. The molecular formula is C24H37IN4O2. The molecule has 172 valence electrons. The summed E-state index contributed by atoms with van der Waals surface area (Å²) in [5.41, 5.74) is 4.78. The van der Waals surface area contributed by atoms with Gasteiger partial charge >= 0.3 is 0 Å². The number of aliphatic imine (C=N–C) groups is 1. The van der Waals surface area contributed by atoms with E-state index in [-0.39, 0.29) is 24.0 Å². The van der Waals surface area contributed by atoms with Crippen LogP contribution in [0.4, 0.5) is 5.69 Å². The topological polar surface area (TPSA) is 58.1 Å². The fourth-order valence-electron chi connectivity index (χ4n) is 2.98. The van der Waals surface area contributed by atoms with Crippen LogP contribution < -0.4 is 20.3 Å². The van der Waals surface area contributed by atoms with Crippen molar-refractivity contribution in [3.8, 4) is 5.75 Å². The van der Waals surface area contributed by atoms with E-state index >= 15 is 0 Å². The van der Waals surface area contributed by atoms with Gasteiger partial charge in [-0.25, -0.2) is 0 Å². The molecule has 0 saturated heterocycles. The third-order valence-corrected chi connectivity index (χ3v) is 4.74. The molecule has 2 N–H and O–H groups in total. The van der Waals surface area contributed by atoms with Gasteiger partial charge in [0.15, 0.2) is 5.96 Å². The van der Waals surface area contributed by atoms with Crippen LogP contribution in [-0.2, 0) is 17.7 Å². The Morgan fingerprint density at radius 3 is 2.42 bits per heavy atom. The van der Waals surface area contributed by atoms with Gasteiger partial charge < -0.3 is 25.0 Å². The summed E-state index contributed by atoms with van der Waals surface area (Å²) < 4.78 is 11.3. The number of hydrogen-bond acceptors (Lipinski definition) is 4. The number of ether oxygens (including phenoxy) is 2. The first kappa shape index (κ1) is 27.0. The van der Waals surface area contributed by atoms with Gasteiger partial charge in [-0.15, -0.1) is 24.0 Å². The van der Waals surface area contributed by atoms with E-state index in [1.165, 1.54) is 16.8 Å². The molecule has 0 radical (unpaired) electrons. The first-order valence-corrected chi connectivity index (χ1v) is 10.5. The van der Waals surface area contributed by atoms with Crippen molar-refractivity contribution in [2.24, 2.45) is 4.99 Å². The smallest absolute Gasteiger partial charge is 0.191 e. The van der Waals surface area contributed by atoms with Gasteiger partial charge in [0.05, 0.1) is 6.61 Å². The summed E-state index contributed by atoms with van der Waals surface area (Å²) in [5, 5.41) is 6.76. The lowest BCUT2D eigenvalue weighted by atomic mass is 10.1. The van der Waals surface area contributed by atoms with Crippen molar-refractivity contribution in [2.75, 3.05) is 52.4 Å². The summed E-state index contributed by atoms with van der Waals surface area (Å²) in [4.78, 5) is 6.44. The van der Waals surface area contributed by atoms with E-state index in [2.05, 4.69) is 84.0 Å². The second-order valence-electron chi connectivity index (χ2n) is 7.32. The van der Waals surface area contributed by atoms with Crippen molar-refractivity contribution in [3.05, 3.63) is 59.2 Å². The third-order valence-electron chi connectivity index (χ3n) is 4.74. The highest BCUT2D eigenvalue weighted by Crippen LogP contribution is 2.20. The lowest BCUT2D eigenvalue weighted by Crippen LogP contribution is -2.38. The second-order valence-corrected chi connectivity index (χ2v) is 7.32. The number of rotatable bonds is 11. The number of benzene rings is 2. The van der Waals surface area contributed by atoms with Gasteiger partial charge in [-0.3, -0.25) is 4.99 Å². The monoisotopic (exact) mass is 540 g/mol. The van der Waals surface area contributed by atoms with E-state index in [0.29, 0.717) is 26.4 Å². The largest absolute Gasteiger partial charge is 0.491 e. The van der Waals surface area contributed by atoms with E-state index in [1.807, 2.05) is 6.92 Å². The molecule has 0 heterocycles. The Labute approximate surface area is 204 Å². The van der Waals surface area contributed by atoms with Crippen LogP contribution in [-0.4, -0.2) is 53.5 Å².